The molecule has 0 unspecified atom stereocenters. The molecule has 0 atom stereocenters. The number of benzene rings is 2. The van der Waals surface area contributed by atoms with Crippen molar-refractivity contribution in [3.63, 3.8) is 0 Å². The van der Waals surface area contributed by atoms with E-state index in [-0.39, 0.29) is 22.6 Å². The highest BCUT2D eigenvalue weighted by Gasteiger charge is 2.14. The fraction of sp³-hybridized carbons (Fsp3) is 0.222. The first kappa shape index (κ1) is 20.6. The predicted molar refractivity (Wildman–Crippen MR) is 92.7 cm³/mol. The monoisotopic (exact) mass is 364 g/mol. The lowest BCUT2D eigenvalue weighted by Crippen LogP contribution is -2.01. The highest BCUT2D eigenvalue weighted by molar-refractivity contribution is 5.92. The lowest BCUT2D eigenvalue weighted by molar-refractivity contribution is 0.0681. The summed E-state index contributed by atoms with van der Waals surface area (Å²) >= 11 is 0. The second kappa shape index (κ2) is 9.77. The fourth-order valence-corrected chi connectivity index (χ4v) is 2.00. The molecule has 8 nitrogen and oxygen atoms in total. The van der Waals surface area contributed by atoms with Gasteiger partial charge in [-0.15, -0.1) is 0 Å². The number of phenols is 1. The molecule has 0 heterocycles. The average molecular weight is 364 g/mol. The van der Waals surface area contributed by atoms with Gasteiger partial charge < -0.3 is 29.5 Å². The van der Waals surface area contributed by atoms with Crippen LogP contribution in [0.25, 0.3) is 0 Å². The number of aromatic carboxylic acids is 2. The molecule has 0 radical (unpaired) electrons. The maximum absolute atomic E-state index is 10.7. The van der Waals surface area contributed by atoms with Gasteiger partial charge in [-0.25, -0.2) is 9.59 Å². The van der Waals surface area contributed by atoms with Gasteiger partial charge in [-0.05, 0) is 37.3 Å². The molecule has 26 heavy (non-hydrogen) atoms. The number of carboxylic acid groups (broad SMARTS) is 2. The third-order valence-corrected chi connectivity index (χ3v) is 3.14. The van der Waals surface area contributed by atoms with Crippen molar-refractivity contribution in [2.75, 3.05) is 20.8 Å². The molecule has 140 valence electrons. The summed E-state index contributed by atoms with van der Waals surface area (Å²) in [5.74, 6) is -1.34. The summed E-state index contributed by atoms with van der Waals surface area (Å²) in [5.41, 5.74) is -0.0483. The van der Waals surface area contributed by atoms with Gasteiger partial charge in [0.15, 0.2) is 11.5 Å². The summed E-state index contributed by atoms with van der Waals surface area (Å²) in [6.45, 7) is 2.26. The van der Waals surface area contributed by atoms with E-state index in [1.54, 1.807) is 19.1 Å². The Morgan fingerprint density at radius 3 is 2.12 bits per heavy atom. The molecule has 2 aromatic rings. The van der Waals surface area contributed by atoms with Crippen LogP contribution >= 0.6 is 0 Å². The van der Waals surface area contributed by atoms with E-state index in [9.17, 15) is 9.59 Å². The number of carboxylic acids is 2. The van der Waals surface area contributed by atoms with Crippen molar-refractivity contribution < 1.29 is 39.1 Å². The van der Waals surface area contributed by atoms with E-state index < -0.39 is 11.9 Å². The zero-order valence-corrected chi connectivity index (χ0v) is 14.6. The van der Waals surface area contributed by atoms with Crippen LogP contribution in [0.1, 0.15) is 27.6 Å². The molecule has 0 saturated heterocycles. The minimum absolute atomic E-state index is 0.0989. The highest BCUT2D eigenvalue weighted by atomic mass is 16.5. The van der Waals surface area contributed by atoms with Crippen LogP contribution < -0.4 is 14.2 Å². The Balaban J connectivity index is 0.000000260. The number of aromatic hydroxyl groups is 1. The summed E-state index contributed by atoms with van der Waals surface area (Å²) in [5, 5.41) is 26.6. The molecule has 0 bridgehead atoms. The van der Waals surface area contributed by atoms with Crippen LogP contribution in [-0.4, -0.2) is 48.1 Å². The predicted octanol–water partition coefficient (Wildman–Crippen LogP) is 2.89. The lowest BCUT2D eigenvalue weighted by Gasteiger charge is -2.08. The van der Waals surface area contributed by atoms with Gasteiger partial charge in [0.1, 0.15) is 22.6 Å². The first-order valence-electron chi connectivity index (χ1n) is 7.49. The van der Waals surface area contributed by atoms with Gasteiger partial charge in [-0.2, -0.15) is 0 Å². The average Bonchev–Trinajstić information content (AvgIpc) is 2.62. The number of hydrogen-bond acceptors (Lipinski definition) is 6. The van der Waals surface area contributed by atoms with Gasteiger partial charge in [0, 0.05) is 0 Å². The van der Waals surface area contributed by atoms with Gasteiger partial charge in [0.25, 0.3) is 0 Å². The number of ether oxygens (including phenoxy) is 3. The normalized spacial score (nSPS) is 9.50. The molecule has 0 aliphatic rings. The van der Waals surface area contributed by atoms with Crippen molar-refractivity contribution in [1.29, 1.82) is 0 Å². The van der Waals surface area contributed by atoms with Gasteiger partial charge in [-0.1, -0.05) is 6.07 Å². The summed E-state index contributed by atoms with van der Waals surface area (Å²) in [6.07, 6.45) is 0. The Kier molecular flexibility index (Phi) is 7.75. The second-order valence-corrected chi connectivity index (χ2v) is 4.76. The molecule has 0 fully saturated rings. The van der Waals surface area contributed by atoms with E-state index in [4.69, 9.17) is 29.5 Å². The van der Waals surface area contributed by atoms with E-state index in [2.05, 4.69) is 0 Å². The number of hydrogen-bond donors (Lipinski definition) is 3. The van der Waals surface area contributed by atoms with E-state index >= 15 is 0 Å². The Labute approximate surface area is 150 Å². The highest BCUT2D eigenvalue weighted by Crippen LogP contribution is 2.30. The maximum Gasteiger partial charge on any atom is 0.339 e. The number of carbonyl (C=O) groups is 2. The molecule has 0 aliphatic heterocycles. The molecular weight excluding hydrogens is 344 g/mol. The summed E-state index contributed by atoms with van der Waals surface area (Å²) in [4.78, 5) is 21.3. The second-order valence-electron chi connectivity index (χ2n) is 4.76. The third kappa shape index (κ3) is 5.30. The largest absolute Gasteiger partial charge is 0.507 e. The number of para-hydroxylation sites is 1. The summed E-state index contributed by atoms with van der Waals surface area (Å²) in [6, 6.07) is 8.82. The van der Waals surface area contributed by atoms with Gasteiger partial charge >= 0.3 is 11.9 Å². The van der Waals surface area contributed by atoms with E-state index in [0.29, 0.717) is 18.1 Å². The Morgan fingerprint density at radius 2 is 1.62 bits per heavy atom. The quantitative estimate of drug-likeness (QED) is 0.715. The van der Waals surface area contributed by atoms with Gasteiger partial charge in [0.05, 0.1) is 20.8 Å². The molecule has 0 amide bonds. The number of rotatable bonds is 6. The standard InChI is InChI=1S/2C9H10O4/c1-12-7-5-3-4-6(9(10)11)8(7)13-2;1-2-13-6-3-4-8(10)7(5-6)9(11)12/h3-5H,1-2H3,(H,10,11);3-5,10H,2H2,1H3,(H,11,12). The molecule has 8 heteroatoms. The Hall–Kier alpha value is -3.42. The molecule has 0 aliphatic carbocycles. The molecule has 2 aromatic carbocycles. The van der Waals surface area contributed by atoms with Crippen molar-refractivity contribution >= 4 is 11.9 Å². The lowest BCUT2D eigenvalue weighted by atomic mass is 10.2. The van der Waals surface area contributed by atoms with Crippen LogP contribution in [0, 0.1) is 0 Å². The molecule has 2 rings (SSSR count). The Bertz CT molecular complexity index is 770. The van der Waals surface area contributed by atoms with E-state index in [1.165, 1.54) is 38.5 Å². The molecular formula is C18H20O8. The van der Waals surface area contributed by atoms with Gasteiger partial charge in [0.2, 0.25) is 0 Å². The van der Waals surface area contributed by atoms with E-state index in [0.717, 1.165) is 0 Å². The van der Waals surface area contributed by atoms with Crippen LogP contribution in [0.2, 0.25) is 0 Å². The fourth-order valence-electron chi connectivity index (χ4n) is 2.00. The van der Waals surface area contributed by atoms with Crippen LogP contribution in [0.4, 0.5) is 0 Å². The van der Waals surface area contributed by atoms with Crippen LogP contribution in [0.15, 0.2) is 36.4 Å². The molecule has 0 spiro atoms. The smallest absolute Gasteiger partial charge is 0.339 e. The zero-order chi connectivity index (χ0) is 19.7. The van der Waals surface area contributed by atoms with Crippen molar-refractivity contribution in [2.24, 2.45) is 0 Å². The maximum atomic E-state index is 10.7. The minimum Gasteiger partial charge on any atom is -0.507 e. The van der Waals surface area contributed by atoms with Crippen molar-refractivity contribution in [2.45, 2.75) is 6.92 Å². The third-order valence-electron chi connectivity index (χ3n) is 3.14. The SMILES string of the molecule is CCOc1ccc(O)c(C(=O)O)c1.COc1cccc(C(=O)O)c1OC. The topological polar surface area (TPSA) is 123 Å². The molecule has 3 N–H and O–H groups in total. The first-order chi connectivity index (χ1) is 12.3. The van der Waals surface area contributed by atoms with Crippen molar-refractivity contribution in [1.82, 2.24) is 0 Å². The zero-order valence-electron chi connectivity index (χ0n) is 14.6. The molecule has 0 aromatic heterocycles. The van der Waals surface area contributed by atoms with Crippen molar-refractivity contribution in [3.05, 3.63) is 47.5 Å². The minimum atomic E-state index is -1.17. The van der Waals surface area contributed by atoms with E-state index in [1.807, 2.05) is 0 Å². The number of methoxy groups -OCH3 is 2. The first-order valence-corrected chi connectivity index (χ1v) is 7.49. The van der Waals surface area contributed by atoms with Gasteiger partial charge in [-0.3, -0.25) is 0 Å². The summed E-state index contributed by atoms with van der Waals surface area (Å²) in [7, 11) is 2.87. The summed E-state index contributed by atoms with van der Waals surface area (Å²) < 4.78 is 14.9. The van der Waals surface area contributed by atoms with Crippen molar-refractivity contribution in [3.8, 4) is 23.0 Å². The van der Waals surface area contributed by atoms with Crippen LogP contribution in [0.5, 0.6) is 23.0 Å². The van der Waals surface area contributed by atoms with Crippen LogP contribution in [0.3, 0.4) is 0 Å². The van der Waals surface area contributed by atoms with Crippen LogP contribution in [-0.2, 0) is 0 Å². The Morgan fingerprint density at radius 1 is 0.962 bits per heavy atom. The molecule has 0 saturated carbocycles.